The van der Waals surface area contributed by atoms with E-state index in [1.54, 1.807) is 24.3 Å². The average molecular weight is 258 g/mol. The van der Waals surface area contributed by atoms with Gasteiger partial charge in [0.25, 0.3) is 0 Å². The van der Waals surface area contributed by atoms with Gasteiger partial charge in [0.1, 0.15) is 0 Å². The lowest BCUT2D eigenvalue weighted by atomic mass is 10.1. The van der Waals surface area contributed by atoms with E-state index in [2.05, 4.69) is 0 Å². The summed E-state index contributed by atoms with van der Waals surface area (Å²) in [4.78, 5) is 24.2. The van der Waals surface area contributed by atoms with Crippen LogP contribution in [-0.2, 0) is 9.59 Å². The summed E-state index contributed by atoms with van der Waals surface area (Å²) in [7, 11) is 0. The maximum Gasteiger partial charge on any atom is 0.227 e. The molecular weight excluding hydrogens is 249 g/mol. The third-order valence-electron chi connectivity index (χ3n) is 2.57. The topological polar surface area (TPSA) is 37.4 Å². The van der Waals surface area contributed by atoms with Crippen LogP contribution in [0.2, 0.25) is 5.02 Å². The van der Waals surface area contributed by atoms with Gasteiger partial charge in [-0.05, 0) is 29.8 Å². The van der Waals surface area contributed by atoms with E-state index in [0.717, 1.165) is 0 Å². The Hall–Kier alpha value is -1.06. The Labute approximate surface area is 103 Å². The van der Waals surface area contributed by atoms with Crippen LogP contribution in [0.3, 0.4) is 0 Å². The van der Waals surface area contributed by atoms with Gasteiger partial charge in [0.05, 0.1) is 5.92 Å². The molecule has 0 saturated carbocycles. The van der Waals surface area contributed by atoms with Crippen LogP contribution in [0.4, 0.5) is 5.69 Å². The molecule has 0 aliphatic carbocycles. The first kappa shape index (κ1) is 11.4. The number of nitrogens with zero attached hydrogens (tertiary/aromatic N) is 1. The molecule has 1 fully saturated rings. The highest BCUT2D eigenvalue weighted by molar-refractivity contribution is 6.64. The van der Waals surface area contributed by atoms with Crippen molar-refractivity contribution in [3.8, 4) is 0 Å². The molecule has 2 rings (SSSR count). The number of rotatable bonds is 2. The van der Waals surface area contributed by atoms with Crippen LogP contribution in [0.5, 0.6) is 0 Å². The Balaban J connectivity index is 2.23. The molecule has 1 aromatic carbocycles. The van der Waals surface area contributed by atoms with E-state index in [-0.39, 0.29) is 12.3 Å². The van der Waals surface area contributed by atoms with E-state index in [1.165, 1.54) is 4.90 Å². The van der Waals surface area contributed by atoms with Gasteiger partial charge in [0.15, 0.2) is 0 Å². The Morgan fingerprint density at radius 1 is 1.44 bits per heavy atom. The monoisotopic (exact) mass is 257 g/mol. The number of amides is 1. The maximum absolute atomic E-state index is 11.7. The zero-order valence-corrected chi connectivity index (χ0v) is 9.83. The van der Waals surface area contributed by atoms with Crippen molar-refractivity contribution < 1.29 is 9.59 Å². The number of benzene rings is 1. The zero-order valence-electron chi connectivity index (χ0n) is 8.32. The van der Waals surface area contributed by atoms with E-state index < -0.39 is 11.2 Å². The minimum atomic E-state index is -0.460. The summed E-state index contributed by atoms with van der Waals surface area (Å²) < 4.78 is 0. The quantitative estimate of drug-likeness (QED) is 0.764. The normalized spacial score (nSPS) is 20.2. The molecule has 0 aromatic heterocycles. The first-order valence-electron chi connectivity index (χ1n) is 4.83. The second-order valence-electron chi connectivity index (χ2n) is 3.69. The van der Waals surface area contributed by atoms with Gasteiger partial charge in [-0.1, -0.05) is 17.7 Å². The van der Waals surface area contributed by atoms with Crippen molar-refractivity contribution in [2.45, 2.75) is 6.42 Å². The minimum Gasteiger partial charge on any atom is -0.312 e. The second-order valence-corrected chi connectivity index (χ2v) is 4.50. The number of hydrogen-bond acceptors (Lipinski definition) is 2. The highest BCUT2D eigenvalue weighted by Crippen LogP contribution is 2.27. The highest BCUT2D eigenvalue weighted by Gasteiger charge is 2.34. The first-order valence-corrected chi connectivity index (χ1v) is 5.59. The van der Waals surface area contributed by atoms with Crippen molar-refractivity contribution in [1.82, 2.24) is 0 Å². The summed E-state index contributed by atoms with van der Waals surface area (Å²) in [5, 5.41) is 0.101. The fourth-order valence-corrected chi connectivity index (χ4v) is 2.08. The van der Waals surface area contributed by atoms with E-state index in [0.29, 0.717) is 17.3 Å². The molecule has 1 amide bonds. The van der Waals surface area contributed by atoms with Crippen molar-refractivity contribution in [1.29, 1.82) is 0 Å². The number of halogens is 2. The molecule has 84 valence electrons. The molecule has 1 heterocycles. The molecule has 0 bridgehead atoms. The van der Waals surface area contributed by atoms with Crippen molar-refractivity contribution >= 4 is 40.0 Å². The lowest BCUT2D eigenvalue weighted by Gasteiger charge is -2.16. The fourth-order valence-electron chi connectivity index (χ4n) is 1.75. The summed E-state index contributed by atoms with van der Waals surface area (Å²) in [6.45, 7) is 0.335. The molecule has 1 atom stereocenters. The Morgan fingerprint density at radius 2 is 2.19 bits per heavy atom. The number of carbonyl (C=O) groups is 2. The molecule has 1 aromatic rings. The summed E-state index contributed by atoms with van der Waals surface area (Å²) in [6.07, 6.45) is 0.175. The van der Waals surface area contributed by atoms with E-state index in [1.807, 2.05) is 0 Å². The Bertz CT molecular complexity index is 447. The van der Waals surface area contributed by atoms with Crippen molar-refractivity contribution in [3.05, 3.63) is 29.3 Å². The van der Waals surface area contributed by atoms with Crippen LogP contribution in [-0.4, -0.2) is 17.7 Å². The molecule has 1 aliphatic heterocycles. The first-order chi connectivity index (χ1) is 7.58. The van der Waals surface area contributed by atoms with E-state index in [9.17, 15) is 9.59 Å². The van der Waals surface area contributed by atoms with Crippen molar-refractivity contribution in [2.24, 2.45) is 5.92 Å². The number of carbonyl (C=O) groups excluding carboxylic acids is 2. The van der Waals surface area contributed by atoms with Crippen LogP contribution in [0.1, 0.15) is 6.42 Å². The Kier molecular flexibility index (Phi) is 3.17. The van der Waals surface area contributed by atoms with Gasteiger partial charge >= 0.3 is 0 Å². The molecule has 16 heavy (non-hydrogen) atoms. The zero-order chi connectivity index (χ0) is 11.7. The SMILES string of the molecule is O=C(Cl)[C@H]1CC(=O)N(c2cccc(Cl)c2)C1. The van der Waals surface area contributed by atoms with Gasteiger partial charge in [-0.2, -0.15) is 0 Å². The second kappa shape index (κ2) is 4.44. The number of anilines is 1. The van der Waals surface area contributed by atoms with Crippen LogP contribution in [0.25, 0.3) is 0 Å². The van der Waals surface area contributed by atoms with Crippen LogP contribution in [0, 0.1) is 5.92 Å². The highest BCUT2D eigenvalue weighted by atomic mass is 35.5. The average Bonchev–Trinajstić information content (AvgIpc) is 2.60. The van der Waals surface area contributed by atoms with Crippen LogP contribution < -0.4 is 4.90 Å². The lowest BCUT2D eigenvalue weighted by Crippen LogP contribution is -2.25. The van der Waals surface area contributed by atoms with Gasteiger partial charge in [-0.25, -0.2) is 0 Å². The number of hydrogen-bond donors (Lipinski definition) is 0. The van der Waals surface area contributed by atoms with Crippen molar-refractivity contribution in [3.63, 3.8) is 0 Å². The standard InChI is InChI=1S/C11H9Cl2NO2/c12-8-2-1-3-9(5-8)14-6-7(11(13)16)4-10(14)15/h1-3,5,7H,4,6H2/t7-/m0/s1. The van der Waals surface area contributed by atoms with E-state index >= 15 is 0 Å². The van der Waals surface area contributed by atoms with Crippen molar-refractivity contribution in [2.75, 3.05) is 11.4 Å². The molecular formula is C11H9Cl2NO2. The molecule has 5 heteroatoms. The third-order valence-corrected chi connectivity index (χ3v) is 3.11. The lowest BCUT2D eigenvalue weighted by molar-refractivity contribution is -0.120. The molecule has 0 spiro atoms. The molecule has 3 nitrogen and oxygen atoms in total. The predicted octanol–water partition coefficient (Wildman–Crippen LogP) is 2.46. The van der Waals surface area contributed by atoms with Gasteiger partial charge in [-0.3, -0.25) is 9.59 Å². The van der Waals surface area contributed by atoms with Gasteiger partial charge < -0.3 is 4.90 Å². The van der Waals surface area contributed by atoms with Crippen LogP contribution >= 0.6 is 23.2 Å². The minimum absolute atomic E-state index is 0.0960. The van der Waals surface area contributed by atoms with E-state index in [4.69, 9.17) is 23.2 Å². The smallest absolute Gasteiger partial charge is 0.227 e. The fraction of sp³-hybridized carbons (Fsp3) is 0.273. The summed E-state index contributed by atoms with van der Waals surface area (Å²) in [5.74, 6) is -0.505. The van der Waals surface area contributed by atoms with Crippen LogP contribution in [0.15, 0.2) is 24.3 Å². The molecule has 0 N–H and O–H groups in total. The van der Waals surface area contributed by atoms with Gasteiger partial charge in [0, 0.05) is 23.7 Å². The predicted molar refractivity (Wildman–Crippen MR) is 62.8 cm³/mol. The largest absolute Gasteiger partial charge is 0.312 e. The van der Waals surface area contributed by atoms with Gasteiger partial charge in [-0.15, -0.1) is 0 Å². The maximum atomic E-state index is 11.7. The third kappa shape index (κ3) is 2.20. The molecule has 1 aliphatic rings. The molecule has 0 radical (unpaired) electrons. The Morgan fingerprint density at radius 3 is 2.75 bits per heavy atom. The summed E-state index contributed by atoms with van der Waals surface area (Å²) in [5.41, 5.74) is 0.706. The summed E-state index contributed by atoms with van der Waals surface area (Å²) in [6, 6.07) is 6.97. The van der Waals surface area contributed by atoms with Gasteiger partial charge in [0.2, 0.25) is 11.1 Å². The summed E-state index contributed by atoms with van der Waals surface area (Å²) >= 11 is 11.2. The molecule has 0 unspecified atom stereocenters. The molecule has 1 saturated heterocycles.